The summed E-state index contributed by atoms with van der Waals surface area (Å²) < 4.78 is 4.35. The second-order valence-electron chi connectivity index (χ2n) is 3.80. The molecule has 98 valence electrons. The molecule has 2 rings (SSSR count). The standard InChI is InChI=1S/C8H4O3.C5H8O2.Zr/c9-7-5-3-1-2-4-6(5)8(10)11-7;1-4(6)3-5(2)7;/h1-4H;3H2,1-2H3;. The molecule has 1 aromatic rings. The number of carbonyl (C=O) groups excluding carboxylic acids is 4. The van der Waals surface area contributed by atoms with E-state index in [4.69, 9.17) is 0 Å². The largest absolute Gasteiger partial charge is 0.386 e. The first kappa shape index (κ1) is 17.6. The van der Waals surface area contributed by atoms with Crippen LogP contribution in [-0.4, -0.2) is 23.5 Å². The molecule has 1 heterocycles. The van der Waals surface area contributed by atoms with Gasteiger partial charge in [-0.05, 0) is 26.0 Å². The quantitative estimate of drug-likeness (QED) is 0.603. The van der Waals surface area contributed by atoms with Crippen molar-refractivity contribution in [3.05, 3.63) is 35.4 Å². The molecule has 1 aromatic carbocycles. The molecule has 1 aliphatic heterocycles. The Kier molecular flexibility index (Phi) is 7.31. The number of fused-ring (bicyclic) bond motifs is 1. The van der Waals surface area contributed by atoms with E-state index < -0.39 is 11.9 Å². The molecule has 0 atom stereocenters. The van der Waals surface area contributed by atoms with Crippen molar-refractivity contribution in [2.45, 2.75) is 20.3 Å². The number of rotatable bonds is 2. The van der Waals surface area contributed by atoms with E-state index in [0.717, 1.165) is 0 Å². The van der Waals surface area contributed by atoms with E-state index in [1.54, 1.807) is 24.3 Å². The predicted octanol–water partition coefficient (Wildman–Crippen LogP) is 1.55. The molecule has 0 N–H and O–H groups in total. The van der Waals surface area contributed by atoms with Crippen LogP contribution in [-0.2, 0) is 40.5 Å². The molecule has 0 amide bonds. The second kappa shape index (κ2) is 7.90. The number of hydrogen-bond donors (Lipinski definition) is 0. The fourth-order valence-corrected chi connectivity index (χ4v) is 1.38. The zero-order valence-electron chi connectivity index (χ0n) is 10.6. The average molecular weight is 339 g/mol. The van der Waals surface area contributed by atoms with E-state index in [1.165, 1.54) is 13.8 Å². The number of cyclic esters (lactones) is 2. The van der Waals surface area contributed by atoms with Gasteiger partial charge in [0.25, 0.3) is 0 Å². The third-order valence-electron chi connectivity index (χ3n) is 2.05. The normalized spacial score (nSPS) is 11.5. The van der Waals surface area contributed by atoms with Gasteiger partial charge in [0.1, 0.15) is 11.6 Å². The van der Waals surface area contributed by atoms with Gasteiger partial charge < -0.3 is 4.74 Å². The fourth-order valence-electron chi connectivity index (χ4n) is 1.38. The third-order valence-corrected chi connectivity index (χ3v) is 2.05. The molecule has 0 saturated carbocycles. The Morgan fingerprint density at radius 3 is 1.58 bits per heavy atom. The average Bonchev–Trinajstić information content (AvgIpc) is 2.55. The number of hydrogen-bond acceptors (Lipinski definition) is 5. The van der Waals surface area contributed by atoms with E-state index in [2.05, 4.69) is 4.74 Å². The summed E-state index contributed by atoms with van der Waals surface area (Å²) in [6, 6.07) is 6.53. The maximum Gasteiger partial charge on any atom is 0.346 e. The van der Waals surface area contributed by atoms with Crippen molar-refractivity contribution in [3.8, 4) is 0 Å². The predicted molar refractivity (Wildman–Crippen MR) is 62.2 cm³/mol. The third kappa shape index (κ3) is 5.39. The van der Waals surface area contributed by atoms with E-state index in [1.807, 2.05) is 0 Å². The SMILES string of the molecule is CC(=O)CC(C)=O.O=C1OC(=O)c2ccccc21.[Zr]. The van der Waals surface area contributed by atoms with Crippen LogP contribution >= 0.6 is 0 Å². The topological polar surface area (TPSA) is 77.5 Å². The smallest absolute Gasteiger partial charge is 0.346 e. The van der Waals surface area contributed by atoms with Crippen LogP contribution in [0.2, 0.25) is 0 Å². The zero-order valence-corrected chi connectivity index (χ0v) is 13.0. The van der Waals surface area contributed by atoms with E-state index in [0.29, 0.717) is 11.1 Å². The van der Waals surface area contributed by atoms with Gasteiger partial charge >= 0.3 is 11.9 Å². The number of esters is 2. The summed E-state index contributed by atoms with van der Waals surface area (Å²) in [5, 5.41) is 0. The molecule has 0 radical (unpaired) electrons. The minimum absolute atomic E-state index is 0. The van der Waals surface area contributed by atoms with Crippen molar-refractivity contribution >= 4 is 23.5 Å². The summed E-state index contributed by atoms with van der Waals surface area (Å²) in [6.45, 7) is 2.81. The number of carbonyl (C=O) groups is 4. The molecule has 0 spiro atoms. The number of ether oxygens (including phenoxy) is 1. The molecule has 0 saturated heterocycles. The van der Waals surface area contributed by atoms with Gasteiger partial charge in [0.05, 0.1) is 17.5 Å². The first-order chi connectivity index (χ1) is 8.41. The summed E-state index contributed by atoms with van der Waals surface area (Å²) in [4.78, 5) is 41.7. The van der Waals surface area contributed by atoms with Crippen LogP contribution in [0.4, 0.5) is 0 Å². The Bertz CT molecular complexity index is 477. The minimum atomic E-state index is -0.550. The van der Waals surface area contributed by atoms with E-state index in [-0.39, 0.29) is 44.2 Å². The molecule has 0 aliphatic carbocycles. The van der Waals surface area contributed by atoms with Gasteiger partial charge in [-0.15, -0.1) is 0 Å². The zero-order chi connectivity index (χ0) is 13.7. The number of benzene rings is 1. The van der Waals surface area contributed by atoms with Crippen LogP contribution in [0.5, 0.6) is 0 Å². The molecule has 19 heavy (non-hydrogen) atoms. The monoisotopic (exact) mass is 338 g/mol. The maximum absolute atomic E-state index is 10.8. The van der Waals surface area contributed by atoms with Crippen molar-refractivity contribution in [3.63, 3.8) is 0 Å². The molecule has 0 bridgehead atoms. The van der Waals surface area contributed by atoms with Gasteiger partial charge in [0.15, 0.2) is 0 Å². The van der Waals surface area contributed by atoms with Crippen molar-refractivity contribution in [2.24, 2.45) is 0 Å². The summed E-state index contributed by atoms with van der Waals surface area (Å²) in [5.74, 6) is -1.23. The van der Waals surface area contributed by atoms with E-state index >= 15 is 0 Å². The Morgan fingerprint density at radius 2 is 1.32 bits per heavy atom. The van der Waals surface area contributed by atoms with Crippen molar-refractivity contribution in [1.82, 2.24) is 0 Å². The Balaban J connectivity index is 0.000000360. The summed E-state index contributed by atoms with van der Waals surface area (Å²) in [6.07, 6.45) is 0.0833. The molecule has 0 aromatic heterocycles. The van der Waals surface area contributed by atoms with Crippen molar-refractivity contribution < 1.29 is 50.1 Å². The van der Waals surface area contributed by atoms with Gasteiger partial charge in [-0.3, -0.25) is 9.59 Å². The number of Topliss-reactive ketones (excluding diaryl/α,β-unsaturated/α-hetero) is 2. The van der Waals surface area contributed by atoms with Crippen LogP contribution in [0.1, 0.15) is 41.0 Å². The van der Waals surface area contributed by atoms with Gasteiger partial charge in [0, 0.05) is 26.2 Å². The first-order valence-electron chi connectivity index (χ1n) is 5.26. The van der Waals surface area contributed by atoms with E-state index in [9.17, 15) is 19.2 Å². The fraction of sp³-hybridized carbons (Fsp3) is 0.231. The first-order valence-corrected chi connectivity index (χ1v) is 5.26. The number of ketones is 2. The molecule has 5 nitrogen and oxygen atoms in total. The maximum atomic E-state index is 10.8. The molecular weight excluding hydrogens is 327 g/mol. The van der Waals surface area contributed by atoms with Crippen molar-refractivity contribution in [2.75, 3.05) is 0 Å². The van der Waals surface area contributed by atoms with Crippen LogP contribution in [0.25, 0.3) is 0 Å². The van der Waals surface area contributed by atoms with Crippen LogP contribution in [0.15, 0.2) is 24.3 Å². The van der Waals surface area contributed by atoms with Gasteiger partial charge in [-0.1, -0.05) is 12.1 Å². The van der Waals surface area contributed by atoms with Crippen LogP contribution in [0, 0.1) is 0 Å². The summed E-state index contributed by atoms with van der Waals surface area (Å²) >= 11 is 0. The van der Waals surface area contributed by atoms with Gasteiger partial charge in [-0.25, -0.2) is 9.59 Å². The molecule has 1 aliphatic rings. The molecule has 0 unspecified atom stereocenters. The van der Waals surface area contributed by atoms with Gasteiger partial charge in [0.2, 0.25) is 0 Å². The van der Waals surface area contributed by atoms with Crippen molar-refractivity contribution in [1.29, 1.82) is 0 Å². The molecule has 6 heteroatoms. The molecule has 0 fully saturated rings. The summed E-state index contributed by atoms with van der Waals surface area (Å²) in [5.41, 5.74) is 0.718. The minimum Gasteiger partial charge on any atom is -0.386 e. The Hall–Kier alpha value is -1.42. The Morgan fingerprint density at radius 1 is 0.947 bits per heavy atom. The van der Waals surface area contributed by atoms with Crippen LogP contribution < -0.4 is 0 Å². The summed E-state index contributed by atoms with van der Waals surface area (Å²) in [7, 11) is 0. The Labute approximate surface area is 129 Å². The van der Waals surface area contributed by atoms with Gasteiger partial charge in [-0.2, -0.15) is 0 Å². The molecular formula is C13H12O5Zr. The second-order valence-corrected chi connectivity index (χ2v) is 3.80. The van der Waals surface area contributed by atoms with Crippen LogP contribution in [0.3, 0.4) is 0 Å².